The van der Waals surface area contributed by atoms with Crippen LogP contribution in [0.3, 0.4) is 0 Å². The van der Waals surface area contributed by atoms with Gasteiger partial charge in [-0.2, -0.15) is 0 Å². The number of carbonyl (C=O) groups excluding carboxylic acids is 2. The van der Waals surface area contributed by atoms with Crippen molar-refractivity contribution in [3.8, 4) is 0 Å². The van der Waals surface area contributed by atoms with Gasteiger partial charge in [0.1, 0.15) is 6.04 Å². The van der Waals surface area contributed by atoms with Crippen LogP contribution >= 0.6 is 35.0 Å². The van der Waals surface area contributed by atoms with Crippen molar-refractivity contribution in [2.24, 2.45) is 0 Å². The lowest BCUT2D eigenvalue weighted by molar-refractivity contribution is -0.139. The van der Waals surface area contributed by atoms with Crippen molar-refractivity contribution in [3.05, 3.63) is 105 Å². The maximum atomic E-state index is 13.7. The third-order valence-corrected chi connectivity index (χ3v) is 7.47. The van der Waals surface area contributed by atoms with E-state index in [1.54, 1.807) is 28.8 Å². The van der Waals surface area contributed by atoms with E-state index in [-0.39, 0.29) is 24.1 Å². The van der Waals surface area contributed by atoms with E-state index in [1.165, 1.54) is 11.1 Å². The van der Waals surface area contributed by atoms with Crippen LogP contribution in [0, 0.1) is 6.92 Å². The Morgan fingerprint density at radius 3 is 2.39 bits per heavy atom. The molecular formula is C29H32Cl2N2O2S. The summed E-state index contributed by atoms with van der Waals surface area (Å²) in [6.45, 7) is 4.85. The Morgan fingerprint density at radius 1 is 0.972 bits per heavy atom. The molecule has 3 rings (SSSR count). The van der Waals surface area contributed by atoms with Gasteiger partial charge in [-0.1, -0.05) is 90.8 Å². The first kappa shape index (κ1) is 28.1. The molecule has 190 valence electrons. The maximum absolute atomic E-state index is 13.7. The topological polar surface area (TPSA) is 49.4 Å². The van der Waals surface area contributed by atoms with Gasteiger partial charge in [0.2, 0.25) is 11.8 Å². The minimum atomic E-state index is -0.669. The molecule has 2 amide bonds. The molecule has 3 aromatic rings. The maximum Gasteiger partial charge on any atom is 0.243 e. The van der Waals surface area contributed by atoms with Crippen molar-refractivity contribution >= 4 is 46.8 Å². The fourth-order valence-electron chi connectivity index (χ4n) is 3.86. The number of benzene rings is 3. The van der Waals surface area contributed by atoms with E-state index in [9.17, 15) is 9.59 Å². The van der Waals surface area contributed by atoms with Gasteiger partial charge in [-0.15, -0.1) is 11.8 Å². The number of halogens is 2. The van der Waals surface area contributed by atoms with E-state index < -0.39 is 6.04 Å². The van der Waals surface area contributed by atoms with Gasteiger partial charge in [0.25, 0.3) is 0 Å². The third-order valence-electron chi connectivity index (χ3n) is 5.92. The van der Waals surface area contributed by atoms with E-state index in [2.05, 4.69) is 24.4 Å². The van der Waals surface area contributed by atoms with Crippen LogP contribution in [0.4, 0.5) is 0 Å². The molecule has 3 aromatic carbocycles. The van der Waals surface area contributed by atoms with Crippen LogP contribution in [0.5, 0.6) is 0 Å². The quantitative estimate of drug-likeness (QED) is 0.277. The number of hydrogen-bond acceptors (Lipinski definition) is 3. The van der Waals surface area contributed by atoms with Crippen molar-refractivity contribution in [1.29, 1.82) is 0 Å². The van der Waals surface area contributed by atoms with Gasteiger partial charge in [0.05, 0.1) is 5.75 Å². The highest BCUT2D eigenvalue weighted by molar-refractivity contribution is 7.99. The number of aryl methyl sites for hydroxylation is 1. The van der Waals surface area contributed by atoms with Gasteiger partial charge in [0, 0.05) is 35.3 Å². The van der Waals surface area contributed by atoms with E-state index in [4.69, 9.17) is 23.2 Å². The Balaban J connectivity index is 1.87. The lowest BCUT2D eigenvalue weighted by atomic mass is 10.0. The second kappa shape index (κ2) is 14.3. The molecule has 0 aliphatic carbocycles. The van der Waals surface area contributed by atoms with Crippen molar-refractivity contribution in [3.63, 3.8) is 0 Å². The summed E-state index contributed by atoms with van der Waals surface area (Å²) in [5.41, 5.74) is 4.13. The number of carbonyl (C=O) groups is 2. The first-order chi connectivity index (χ1) is 17.4. The van der Waals surface area contributed by atoms with Crippen LogP contribution in [0.15, 0.2) is 72.8 Å². The number of amides is 2. The van der Waals surface area contributed by atoms with E-state index >= 15 is 0 Å². The molecule has 0 aliphatic rings. The molecule has 0 fully saturated rings. The fraction of sp³-hybridized carbons (Fsp3) is 0.310. The molecule has 1 N–H and O–H groups in total. The van der Waals surface area contributed by atoms with Crippen molar-refractivity contribution in [2.45, 2.75) is 45.0 Å². The number of nitrogens with zero attached hydrogens (tertiary/aromatic N) is 1. The molecule has 4 nitrogen and oxygen atoms in total. The van der Waals surface area contributed by atoms with Crippen LogP contribution in [0.1, 0.15) is 35.6 Å². The second-order valence-corrected chi connectivity index (χ2v) is 10.5. The Morgan fingerprint density at radius 2 is 1.69 bits per heavy atom. The molecule has 7 heteroatoms. The van der Waals surface area contributed by atoms with Gasteiger partial charge in [-0.3, -0.25) is 9.59 Å². The van der Waals surface area contributed by atoms with Gasteiger partial charge >= 0.3 is 0 Å². The smallest absolute Gasteiger partial charge is 0.243 e. The van der Waals surface area contributed by atoms with E-state index in [1.807, 2.05) is 55.5 Å². The van der Waals surface area contributed by atoms with Crippen molar-refractivity contribution < 1.29 is 9.59 Å². The Kier molecular flexibility index (Phi) is 11.2. The average Bonchev–Trinajstić information content (AvgIpc) is 2.87. The molecule has 0 aliphatic heterocycles. The van der Waals surface area contributed by atoms with Gasteiger partial charge in [-0.05, 0) is 47.7 Å². The van der Waals surface area contributed by atoms with Gasteiger partial charge in [0.15, 0.2) is 0 Å². The number of thioether (sulfide) groups is 1. The summed E-state index contributed by atoms with van der Waals surface area (Å²) < 4.78 is 0. The summed E-state index contributed by atoms with van der Waals surface area (Å²) >= 11 is 14.1. The summed E-state index contributed by atoms with van der Waals surface area (Å²) in [6, 6.07) is 22.5. The van der Waals surface area contributed by atoms with E-state index in [0.29, 0.717) is 23.0 Å². The van der Waals surface area contributed by atoms with Crippen LogP contribution in [-0.4, -0.2) is 35.1 Å². The molecule has 36 heavy (non-hydrogen) atoms. The second-order valence-electron chi connectivity index (χ2n) is 8.67. The predicted octanol–water partition coefficient (Wildman–Crippen LogP) is 6.70. The first-order valence-corrected chi connectivity index (χ1v) is 14.0. The van der Waals surface area contributed by atoms with Gasteiger partial charge < -0.3 is 10.2 Å². The summed E-state index contributed by atoms with van der Waals surface area (Å²) in [4.78, 5) is 28.7. The van der Waals surface area contributed by atoms with Crippen molar-refractivity contribution in [1.82, 2.24) is 10.2 Å². The molecule has 0 saturated carbocycles. The third kappa shape index (κ3) is 8.29. The standard InChI is InChI=1S/C29H32Cl2N2O2S/c1-3-15-32-29(35)27(16-22-10-5-4-6-11-22)33(18-23-13-14-25(30)17-26(23)31)28(34)20-36-19-24-12-8-7-9-21(24)2/h4-14,17,27H,3,15-16,18-20H2,1-2H3,(H,32,35). The summed E-state index contributed by atoms with van der Waals surface area (Å²) in [6.07, 6.45) is 1.23. The summed E-state index contributed by atoms with van der Waals surface area (Å²) in [5.74, 6) is 0.709. The predicted molar refractivity (Wildman–Crippen MR) is 152 cm³/mol. The fourth-order valence-corrected chi connectivity index (χ4v) is 5.31. The molecule has 0 heterocycles. The molecule has 0 saturated heterocycles. The number of hydrogen-bond donors (Lipinski definition) is 1. The zero-order chi connectivity index (χ0) is 25.9. The molecule has 0 radical (unpaired) electrons. The van der Waals surface area contributed by atoms with Gasteiger partial charge in [-0.25, -0.2) is 0 Å². The Labute approximate surface area is 228 Å². The van der Waals surface area contributed by atoms with Crippen LogP contribution in [-0.2, 0) is 28.3 Å². The minimum absolute atomic E-state index is 0.104. The number of nitrogens with one attached hydrogen (secondary N) is 1. The normalized spacial score (nSPS) is 11.7. The highest BCUT2D eigenvalue weighted by Crippen LogP contribution is 2.25. The summed E-state index contributed by atoms with van der Waals surface area (Å²) in [5, 5.41) is 3.99. The molecule has 0 spiro atoms. The molecular weight excluding hydrogens is 511 g/mol. The molecule has 1 atom stereocenters. The van der Waals surface area contributed by atoms with E-state index in [0.717, 1.165) is 23.3 Å². The first-order valence-electron chi connectivity index (χ1n) is 12.1. The van der Waals surface area contributed by atoms with Crippen molar-refractivity contribution in [2.75, 3.05) is 12.3 Å². The van der Waals surface area contributed by atoms with Crippen LogP contribution in [0.25, 0.3) is 0 Å². The van der Waals surface area contributed by atoms with Crippen LogP contribution < -0.4 is 5.32 Å². The Hall–Kier alpha value is -2.47. The summed E-state index contributed by atoms with van der Waals surface area (Å²) in [7, 11) is 0. The Bertz CT molecular complexity index is 1160. The highest BCUT2D eigenvalue weighted by Gasteiger charge is 2.30. The monoisotopic (exact) mass is 542 g/mol. The zero-order valence-electron chi connectivity index (χ0n) is 20.7. The SMILES string of the molecule is CCCNC(=O)C(Cc1ccccc1)N(Cc1ccc(Cl)cc1Cl)C(=O)CSCc1ccccc1C. The average molecular weight is 544 g/mol. The molecule has 0 bridgehead atoms. The zero-order valence-corrected chi connectivity index (χ0v) is 23.0. The number of rotatable bonds is 12. The molecule has 1 unspecified atom stereocenters. The lowest BCUT2D eigenvalue weighted by Crippen LogP contribution is -2.51. The lowest BCUT2D eigenvalue weighted by Gasteiger charge is -2.32. The molecule has 0 aromatic heterocycles. The highest BCUT2D eigenvalue weighted by atomic mass is 35.5. The minimum Gasteiger partial charge on any atom is -0.354 e. The van der Waals surface area contributed by atoms with Crippen LogP contribution in [0.2, 0.25) is 10.0 Å². The largest absolute Gasteiger partial charge is 0.354 e.